The zero-order valence-corrected chi connectivity index (χ0v) is 17.1. The van der Waals surface area contributed by atoms with Gasteiger partial charge in [-0.1, -0.05) is 0 Å². The monoisotopic (exact) mass is 388 g/mol. The van der Waals surface area contributed by atoms with E-state index in [1.165, 1.54) is 12.8 Å². The summed E-state index contributed by atoms with van der Waals surface area (Å²) in [5.41, 5.74) is 0. The minimum Gasteiger partial charge on any atom is -0.377 e. The van der Waals surface area contributed by atoms with E-state index in [1.807, 2.05) is 0 Å². The summed E-state index contributed by atoms with van der Waals surface area (Å²) in [6.45, 7) is 3.05. The molecule has 150 valence electrons. The summed E-state index contributed by atoms with van der Waals surface area (Å²) in [5, 5.41) is 0. The van der Waals surface area contributed by atoms with Crippen LogP contribution >= 0.6 is 0 Å². The molecular weight excluding hydrogens is 356 g/mol. The summed E-state index contributed by atoms with van der Waals surface area (Å²) in [6.07, 6.45) is 4.41. The van der Waals surface area contributed by atoms with Gasteiger partial charge in [0.25, 0.3) is 0 Å². The Morgan fingerprint density at radius 2 is 1.42 bits per heavy atom. The first-order valence-electron chi connectivity index (χ1n) is 9.80. The predicted molar refractivity (Wildman–Crippen MR) is 94.9 cm³/mol. The summed E-state index contributed by atoms with van der Waals surface area (Å²) >= 11 is 0. The average Bonchev–Trinajstić information content (AvgIpc) is 3.59. The Bertz CT molecular complexity index is 458. The molecule has 7 atom stereocenters. The highest BCUT2D eigenvalue weighted by molar-refractivity contribution is 6.60. The lowest BCUT2D eigenvalue weighted by Crippen LogP contribution is -2.45. The molecule has 2 aliphatic heterocycles. The highest BCUT2D eigenvalue weighted by Gasteiger charge is 2.55. The summed E-state index contributed by atoms with van der Waals surface area (Å²) in [5.74, 6) is 1.74. The fourth-order valence-corrected chi connectivity index (χ4v) is 6.69. The fraction of sp³-hybridized carbons (Fsp3) is 1.00. The van der Waals surface area contributed by atoms with Crippen molar-refractivity contribution < 1.29 is 32.2 Å². The van der Waals surface area contributed by atoms with Crippen LogP contribution in [-0.4, -0.2) is 81.0 Å². The van der Waals surface area contributed by atoms with Crippen LogP contribution in [0.1, 0.15) is 19.3 Å². The minimum atomic E-state index is -2.51. The van der Waals surface area contributed by atoms with Crippen LogP contribution in [0.2, 0.25) is 6.04 Å². The normalized spacial score (nSPS) is 41.0. The molecule has 0 N–H and O–H groups in total. The molecule has 0 amide bonds. The standard InChI is InChI=1S/C18H32O7Si/c1-19-26(20-2,21-3)5-4-12-6-13-7-16(12)18(25-11-15-9-23-15)17(13)24-10-14-8-22-14/h12-18H,4-11H2,1-3H3/t12?,13?,14?,15-,16?,17?,18?/m1/s1. The van der Waals surface area contributed by atoms with Crippen molar-refractivity contribution in [3.63, 3.8) is 0 Å². The van der Waals surface area contributed by atoms with Gasteiger partial charge in [0.05, 0.1) is 38.6 Å². The Labute approximate surface area is 156 Å². The van der Waals surface area contributed by atoms with E-state index in [1.54, 1.807) is 21.3 Å². The molecule has 4 rings (SSSR count). The maximum atomic E-state index is 6.29. The molecule has 0 aromatic rings. The molecule has 2 saturated carbocycles. The van der Waals surface area contributed by atoms with Gasteiger partial charge in [-0.25, -0.2) is 0 Å². The van der Waals surface area contributed by atoms with Crippen molar-refractivity contribution >= 4 is 8.80 Å². The van der Waals surface area contributed by atoms with Crippen molar-refractivity contribution in [2.45, 2.75) is 49.7 Å². The van der Waals surface area contributed by atoms with Gasteiger partial charge in [-0.05, 0) is 37.0 Å². The Hall–Kier alpha value is -0.0631. The van der Waals surface area contributed by atoms with Crippen LogP contribution in [0.15, 0.2) is 0 Å². The molecule has 0 spiro atoms. The Morgan fingerprint density at radius 3 is 1.96 bits per heavy atom. The van der Waals surface area contributed by atoms with E-state index in [9.17, 15) is 0 Å². The Morgan fingerprint density at radius 1 is 0.846 bits per heavy atom. The highest BCUT2D eigenvalue weighted by Crippen LogP contribution is 2.53. The third kappa shape index (κ3) is 4.17. The number of hydrogen-bond acceptors (Lipinski definition) is 7. The first kappa shape index (κ1) is 19.3. The van der Waals surface area contributed by atoms with E-state index < -0.39 is 8.80 Å². The highest BCUT2D eigenvalue weighted by atomic mass is 28.4. The molecule has 2 saturated heterocycles. The van der Waals surface area contributed by atoms with Gasteiger partial charge in [0.1, 0.15) is 12.2 Å². The van der Waals surface area contributed by atoms with Crippen LogP contribution in [0, 0.1) is 17.8 Å². The van der Waals surface area contributed by atoms with Gasteiger partial charge in [0, 0.05) is 27.4 Å². The summed E-state index contributed by atoms with van der Waals surface area (Å²) in [6, 6.07) is 0.851. The first-order chi connectivity index (χ1) is 12.7. The average molecular weight is 389 g/mol. The lowest BCUT2D eigenvalue weighted by atomic mass is 9.83. The van der Waals surface area contributed by atoms with Crippen LogP contribution in [0.4, 0.5) is 0 Å². The van der Waals surface area contributed by atoms with E-state index in [0.717, 1.165) is 25.7 Å². The molecule has 0 aromatic heterocycles. The summed E-state index contributed by atoms with van der Waals surface area (Å²) < 4.78 is 39.9. The summed E-state index contributed by atoms with van der Waals surface area (Å²) in [7, 11) is 2.55. The zero-order valence-electron chi connectivity index (χ0n) is 16.1. The molecule has 6 unspecified atom stereocenters. The molecule has 26 heavy (non-hydrogen) atoms. The fourth-order valence-electron chi connectivity index (χ4n) is 4.85. The van der Waals surface area contributed by atoms with E-state index in [2.05, 4.69) is 0 Å². The van der Waals surface area contributed by atoms with Crippen molar-refractivity contribution in [1.82, 2.24) is 0 Å². The smallest absolute Gasteiger partial charge is 0.377 e. The molecule has 4 aliphatic rings. The number of rotatable bonds is 12. The first-order valence-corrected chi connectivity index (χ1v) is 11.7. The Kier molecular flexibility index (Phi) is 6.02. The van der Waals surface area contributed by atoms with E-state index in [-0.39, 0.29) is 18.3 Å². The maximum Gasteiger partial charge on any atom is 0.500 e. The molecule has 2 bridgehead atoms. The quantitative estimate of drug-likeness (QED) is 0.370. The maximum absolute atomic E-state index is 6.29. The van der Waals surface area contributed by atoms with Crippen LogP contribution < -0.4 is 0 Å². The number of fused-ring (bicyclic) bond motifs is 2. The van der Waals surface area contributed by atoms with Gasteiger partial charge in [-0.2, -0.15) is 0 Å². The van der Waals surface area contributed by atoms with Gasteiger partial charge in [-0.3, -0.25) is 0 Å². The van der Waals surface area contributed by atoms with Crippen molar-refractivity contribution in [3.05, 3.63) is 0 Å². The molecule has 0 radical (unpaired) electrons. The second-order valence-electron chi connectivity index (χ2n) is 8.00. The van der Waals surface area contributed by atoms with Crippen LogP contribution in [-0.2, 0) is 32.2 Å². The van der Waals surface area contributed by atoms with Crippen LogP contribution in [0.3, 0.4) is 0 Å². The van der Waals surface area contributed by atoms with Crippen molar-refractivity contribution in [3.8, 4) is 0 Å². The number of ether oxygens (including phenoxy) is 4. The number of hydrogen-bond donors (Lipinski definition) is 0. The molecule has 2 aliphatic carbocycles. The third-order valence-corrected chi connectivity index (χ3v) is 9.27. The van der Waals surface area contributed by atoms with Gasteiger partial charge in [0.2, 0.25) is 0 Å². The van der Waals surface area contributed by atoms with E-state index in [0.29, 0.717) is 37.1 Å². The molecule has 8 heteroatoms. The second-order valence-corrected chi connectivity index (χ2v) is 11.1. The van der Waals surface area contributed by atoms with Gasteiger partial charge < -0.3 is 32.2 Å². The topological polar surface area (TPSA) is 71.2 Å². The largest absolute Gasteiger partial charge is 0.500 e. The predicted octanol–water partition coefficient (Wildman–Crippen LogP) is 1.48. The van der Waals surface area contributed by atoms with Crippen molar-refractivity contribution in [2.24, 2.45) is 17.8 Å². The zero-order chi connectivity index (χ0) is 18.1. The van der Waals surface area contributed by atoms with Crippen molar-refractivity contribution in [2.75, 3.05) is 47.8 Å². The van der Waals surface area contributed by atoms with E-state index in [4.69, 9.17) is 32.2 Å². The van der Waals surface area contributed by atoms with Gasteiger partial charge in [0.15, 0.2) is 0 Å². The number of epoxide rings is 2. The second kappa shape index (κ2) is 8.12. The molecule has 7 nitrogen and oxygen atoms in total. The SMILES string of the molecule is CO[Si](CCC1CC2CC1C(OC[C@H]1CO1)C2OCC1CO1)(OC)OC. The van der Waals surface area contributed by atoms with Gasteiger partial charge >= 0.3 is 8.80 Å². The molecule has 2 heterocycles. The molecule has 0 aromatic carbocycles. The summed E-state index contributed by atoms with van der Waals surface area (Å²) in [4.78, 5) is 0. The minimum absolute atomic E-state index is 0.172. The third-order valence-electron chi connectivity index (χ3n) is 6.50. The van der Waals surface area contributed by atoms with E-state index >= 15 is 0 Å². The van der Waals surface area contributed by atoms with Crippen LogP contribution in [0.5, 0.6) is 0 Å². The molecule has 4 fully saturated rings. The Balaban J connectivity index is 1.34. The lowest BCUT2D eigenvalue weighted by Gasteiger charge is -2.36. The lowest BCUT2D eigenvalue weighted by molar-refractivity contribution is -0.113. The van der Waals surface area contributed by atoms with Crippen LogP contribution in [0.25, 0.3) is 0 Å². The van der Waals surface area contributed by atoms with Gasteiger partial charge in [-0.15, -0.1) is 0 Å². The van der Waals surface area contributed by atoms with Crippen molar-refractivity contribution in [1.29, 1.82) is 0 Å². The molecular formula is C18H32O7Si.